The Morgan fingerprint density at radius 3 is 2.77 bits per heavy atom. The monoisotopic (exact) mass is 382 g/mol. The van der Waals surface area contributed by atoms with Gasteiger partial charge in [0.05, 0.1) is 23.1 Å². The molecule has 0 atom stereocenters. The Bertz CT molecular complexity index is 937. The van der Waals surface area contributed by atoms with Crippen molar-refractivity contribution in [1.29, 1.82) is 0 Å². The van der Waals surface area contributed by atoms with Gasteiger partial charge < -0.3 is 9.15 Å². The van der Waals surface area contributed by atoms with E-state index >= 15 is 0 Å². The van der Waals surface area contributed by atoms with Crippen LogP contribution in [0.3, 0.4) is 0 Å². The van der Waals surface area contributed by atoms with Crippen LogP contribution in [0.15, 0.2) is 50.1 Å². The third-order valence-electron chi connectivity index (χ3n) is 3.19. The topological polar surface area (TPSA) is 39.4 Å². The standard InChI is InChI=1S/C16H9BrClFO3/c1-21-13-6-8(17)5-11(19)15(13)14-7-12(20)9-3-2-4-10(18)16(9)22-14/h2-7H,1H3. The minimum atomic E-state index is -0.569. The maximum Gasteiger partial charge on any atom is 0.193 e. The molecule has 112 valence electrons. The number of fused-ring (bicyclic) bond motifs is 1. The van der Waals surface area contributed by atoms with Crippen molar-refractivity contribution < 1.29 is 13.5 Å². The molecule has 2 aromatic carbocycles. The SMILES string of the molecule is COc1cc(Br)cc(F)c1-c1cc(=O)c2cccc(Cl)c2o1. The molecule has 3 rings (SSSR count). The normalized spacial score (nSPS) is 10.9. The molecule has 0 spiro atoms. The number of ether oxygens (including phenoxy) is 1. The Morgan fingerprint density at radius 2 is 2.05 bits per heavy atom. The van der Waals surface area contributed by atoms with Gasteiger partial charge in [-0.05, 0) is 24.3 Å². The van der Waals surface area contributed by atoms with Crippen LogP contribution < -0.4 is 10.2 Å². The maximum absolute atomic E-state index is 14.3. The molecular formula is C16H9BrClFO3. The maximum atomic E-state index is 14.3. The first-order valence-corrected chi connectivity index (χ1v) is 7.44. The fraction of sp³-hybridized carbons (Fsp3) is 0.0625. The molecule has 0 fully saturated rings. The summed E-state index contributed by atoms with van der Waals surface area (Å²) < 4.78 is 25.7. The summed E-state index contributed by atoms with van der Waals surface area (Å²) in [6, 6.07) is 8.96. The molecule has 0 amide bonds. The lowest BCUT2D eigenvalue weighted by Crippen LogP contribution is -2.02. The van der Waals surface area contributed by atoms with Crippen LogP contribution in [0.1, 0.15) is 0 Å². The Balaban J connectivity index is 2.37. The molecule has 1 aromatic heterocycles. The van der Waals surface area contributed by atoms with Crippen LogP contribution in [0.5, 0.6) is 5.75 Å². The predicted molar refractivity (Wildman–Crippen MR) is 87.1 cm³/mol. The average Bonchev–Trinajstić information content (AvgIpc) is 2.47. The van der Waals surface area contributed by atoms with Crippen molar-refractivity contribution in [2.75, 3.05) is 7.11 Å². The van der Waals surface area contributed by atoms with Crippen molar-refractivity contribution in [1.82, 2.24) is 0 Å². The smallest absolute Gasteiger partial charge is 0.193 e. The molecule has 0 N–H and O–H groups in total. The second-order valence-electron chi connectivity index (χ2n) is 4.56. The van der Waals surface area contributed by atoms with E-state index in [9.17, 15) is 9.18 Å². The summed E-state index contributed by atoms with van der Waals surface area (Å²) in [6.45, 7) is 0. The molecular weight excluding hydrogens is 375 g/mol. The fourth-order valence-corrected chi connectivity index (χ4v) is 2.84. The van der Waals surface area contributed by atoms with Crippen molar-refractivity contribution in [3.63, 3.8) is 0 Å². The number of rotatable bonds is 2. The first-order valence-electron chi connectivity index (χ1n) is 6.27. The van der Waals surface area contributed by atoms with E-state index in [-0.39, 0.29) is 33.1 Å². The summed E-state index contributed by atoms with van der Waals surface area (Å²) in [5, 5.41) is 0.626. The Hall–Kier alpha value is -1.85. The highest BCUT2D eigenvalue weighted by Crippen LogP contribution is 2.36. The molecule has 0 aliphatic heterocycles. The number of halogens is 3. The highest BCUT2D eigenvalue weighted by molar-refractivity contribution is 9.10. The molecule has 0 aliphatic carbocycles. The first kappa shape index (κ1) is 15.1. The fourth-order valence-electron chi connectivity index (χ4n) is 2.22. The average molecular weight is 384 g/mol. The molecule has 3 aromatic rings. The Kier molecular flexibility index (Phi) is 3.93. The van der Waals surface area contributed by atoms with Crippen molar-refractivity contribution in [3.8, 4) is 17.1 Å². The second-order valence-corrected chi connectivity index (χ2v) is 5.88. The molecule has 0 saturated carbocycles. The van der Waals surface area contributed by atoms with Crippen molar-refractivity contribution in [2.45, 2.75) is 0 Å². The zero-order valence-electron chi connectivity index (χ0n) is 11.3. The lowest BCUT2D eigenvalue weighted by molar-refractivity contribution is 0.411. The lowest BCUT2D eigenvalue weighted by Gasteiger charge is -2.10. The molecule has 0 unspecified atom stereocenters. The van der Waals surface area contributed by atoms with Crippen molar-refractivity contribution >= 4 is 38.5 Å². The summed E-state index contributed by atoms with van der Waals surface area (Å²) in [5.74, 6) is -0.255. The number of methoxy groups -OCH3 is 1. The zero-order valence-corrected chi connectivity index (χ0v) is 13.7. The van der Waals surface area contributed by atoms with E-state index in [1.165, 1.54) is 19.2 Å². The number of para-hydroxylation sites is 1. The van der Waals surface area contributed by atoms with Gasteiger partial charge in [0, 0.05) is 10.5 Å². The Labute approximate surface area is 138 Å². The molecule has 1 heterocycles. The number of benzene rings is 2. The summed E-state index contributed by atoms with van der Waals surface area (Å²) in [6.07, 6.45) is 0. The van der Waals surface area contributed by atoms with Crippen LogP contribution in [0.4, 0.5) is 4.39 Å². The summed E-state index contributed by atoms with van der Waals surface area (Å²) in [5.41, 5.74) is -0.0104. The van der Waals surface area contributed by atoms with Gasteiger partial charge in [-0.3, -0.25) is 4.79 Å². The van der Waals surface area contributed by atoms with Gasteiger partial charge in [-0.2, -0.15) is 0 Å². The van der Waals surface area contributed by atoms with E-state index < -0.39 is 5.82 Å². The summed E-state index contributed by atoms with van der Waals surface area (Å²) in [4.78, 5) is 12.2. The molecule has 0 saturated heterocycles. The summed E-state index contributed by atoms with van der Waals surface area (Å²) >= 11 is 9.25. The van der Waals surface area contributed by atoms with E-state index in [1.54, 1.807) is 24.3 Å². The van der Waals surface area contributed by atoms with Crippen LogP contribution in [0, 0.1) is 5.82 Å². The van der Waals surface area contributed by atoms with Crippen LogP contribution in [0.2, 0.25) is 5.02 Å². The quantitative estimate of drug-likeness (QED) is 0.623. The predicted octanol–water partition coefficient (Wildman–Crippen LogP) is 5.02. The van der Waals surface area contributed by atoms with E-state index in [1.807, 2.05) is 0 Å². The molecule has 0 bridgehead atoms. The largest absolute Gasteiger partial charge is 0.496 e. The van der Waals surface area contributed by atoms with E-state index in [4.69, 9.17) is 20.8 Å². The number of hydrogen-bond donors (Lipinski definition) is 0. The molecule has 0 radical (unpaired) electrons. The van der Waals surface area contributed by atoms with Gasteiger partial charge in [0.15, 0.2) is 11.0 Å². The van der Waals surface area contributed by atoms with Gasteiger partial charge in [0.25, 0.3) is 0 Å². The first-order chi connectivity index (χ1) is 10.5. The third kappa shape index (κ3) is 2.51. The van der Waals surface area contributed by atoms with Gasteiger partial charge in [0.2, 0.25) is 0 Å². The Morgan fingerprint density at radius 1 is 1.27 bits per heavy atom. The van der Waals surface area contributed by atoms with Gasteiger partial charge in [0.1, 0.15) is 17.3 Å². The van der Waals surface area contributed by atoms with E-state index in [0.29, 0.717) is 9.86 Å². The van der Waals surface area contributed by atoms with Crippen molar-refractivity contribution in [2.24, 2.45) is 0 Å². The van der Waals surface area contributed by atoms with Crippen LogP contribution in [0.25, 0.3) is 22.3 Å². The minimum absolute atomic E-state index is 0.0625. The van der Waals surface area contributed by atoms with Crippen LogP contribution >= 0.6 is 27.5 Å². The van der Waals surface area contributed by atoms with Gasteiger partial charge >= 0.3 is 0 Å². The van der Waals surface area contributed by atoms with Gasteiger partial charge in [-0.15, -0.1) is 0 Å². The van der Waals surface area contributed by atoms with Crippen LogP contribution in [-0.2, 0) is 0 Å². The van der Waals surface area contributed by atoms with Crippen molar-refractivity contribution in [3.05, 3.63) is 61.9 Å². The highest BCUT2D eigenvalue weighted by Gasteiger charge is 2.18. The molecule has 22 heavy (non-hydrogen) atoms. The number of hydrogen-bond acceptors (Lipinski definition) is 3. The highest BCUT2D eigenvalue weighted by atomic mass is 79.9. The zero-order chi connectivity index (χ0) is 15.9. The lowest BCUT2D eigenvalue weighted by atomic mass is 10.1. The minimum Gasteiger partial charge on any atom is -0.496 e. The molecule has 3 nitrogen and oxygen atoms in total. The molecule has 6 heteroatoms. The summed E-state index contributed by atoms with van der Waals surface area (Å²) in [7, 11) is 1.41. The van der Waals surface area contributed by atoms with Gasteiger partial charge in [-0.1, -0.05) is 33.6 Å². The van der Waals surface area contributed by atoms with E-state index in [2.05, 4.69) is 15.9 Å². The van der Waals surface area contributed by atoms with Crippen LogP contribution in [-0.4, -0.2) is 7.11 Å². The molecule has 0 aliphatic rings. The van der Waals surface area contributed by atoms with Gasteiger partial charge in [-0.25, -0.2) is 4.39 Å². The van der Waals surface area contributed by atoms with E-state index in [0.717, 1.165) is 0 Å². The second kappa shape index (κ2) is 5.74. The third-order valence-corrected chi connectivity index (χ3v) is 3.95.